The lowest BCUT2D eigenvalue weighted by atomic mass is 9.97. The first kappa shape index (κ1) is 27.7. The van der Waals surface area contributed by atoms with Crippen LogP contribution in [-0.4, -0.2) is 59.6 Å². The first-order valence-corrected chi connectivity index (χ1v) is 13.6. The van der Waals surface area contributed by atoms with Gasteiger partial charge >= 0.3 is 5.97 Å². The summed E-state index contributed by atoms with van der Waals surface area (Å²) in [6.07, 6.45) is 4.01. The Balaban J connectivity index is 2.06. The first-order valence-electron chi connectivity index (χ1n) is 11.6. The van der Waals surface area contributed by atoms with E-state index in [2.05, 4.69) is 15.3 Å². The van der Waals surface area contributed by atoms with Crippen molar-refractivity contribution in [2.24, 2.45) is 0 Å². The lowest BCUT2D eigenvalue weighted by molar-refractivity contribution is -0.290. The summed E-state index contributed by atoms with van der Waals surface area (Å²) in [5.74, 6) is -2.57. The van der Waals surface area contributed by atoms with Crippen molar-refractivity contribution in [1.82, 2.24) is 9.97 Å². The number of carboxylic acid groups (broad SMARTS) is 1. The average molecular weight is 522 g/mol. The fourth-order valence-corrected chi connectivity index (χ4v) is 4.38. The zero-order chi connectivity index (χ0) is 26.7. The molecule has 0 unspecified atom stereocenters. The summed E-state index contributed by atoms with van der Waals surface area (Å²) in [7, 11) is -3.32. The van der Waals surface area contributed by atoms with Gasteiger partial charge in [0.1, 0.15) is 11.7 Å². The molecule has 2 heterocycles. The topological polar surface area (TPSA) is 128 Å². The second-order valence-electron chi connectivity index (χ2n) is 9.59. The third-order valence-corrected chi connectivity index (χ3v) is 6.06. The van der Waals surface area contributed by atoms with Crippen LogP contribution < -0.4 is 5.32 Å². The number of sulfone groups is 1. The molecular weight excluding hydrogens is 489 g/mol. The molecule has 1 fully saturated rings. The zero-order valence-corrected chi connectivity index (χ0v) is 21.8. The van der Waals surface area contributed by atoms with Gasteiger partial charge in [-0.25, -0.2) is 22.8 Å². The highest BCUT2D eigenvalue weighted by molar-refractivity contribution is 7.90. The molecule has 1 aromatic heterocycles. The number of carboxylic acids is 1. The van der Waals surface area contributed by atoms with Gasteiger partial charge < -0.3 is 19.9 Å². The number of carbonyl (C=O) groups is 1. The lowest BCUT2D eigenvalue weighted by Crippen LogP contribution is -2.44. The van der Waals surface area contributed by atoms with Gasteiger partial charge in [0.05, 0.1) is 30.0 Å². The van der Waals surface area contributed by atoms with Crippen molar-refractivity contribution in [2.45, 2.75) is 64.4 Å². The minimum atomic E-state index is -3.32. The van der Waals surface area contributed by atoms with E-state index in [0.717, 1.165) is 6.26 Å². The Bertz CT molecular complexity index is 1230. The molecule has 0 spiro atoms. The Morgan fingerprint density at radius 2 is 1.92 bits per heavy atom. The molecule has 196 valence electrons. The highest BCUT2D eigenvalue weighted by atomic mass is 32.2. The van der Waals surface area contributed by atoms with Crippen molar-refractivity contribution < 1.29 is 32.2 Å². The summed E-state index contributed by atoms with van der Waals surface area (Å²) >= 11 is 0. The second kappa shape index (κ2) is 11.0. The van der Waals surface area contributed by atoms with Gasteiger partial charge in [0.15, 0.2) is 15.6 Å². The average Bonchev–Trinajstić information content (AvgIpc) is 2.74. The smallest absolute Gasteiger partial charge is 0.305 e. The van der Waals surface area contributed by atoms with Crippen LogP contribution in [0.4, 0.5) is 10.3 Å². The molecule has 36 heavy (non-hydrogen) atoms. The van der Waals surface area contributed by atoms with Gasteiger partial charge in [-0.1, -0.05) is 26.0 Å². The van der Waals surface area contributed by atoms with E-state index >= 15 is 0 Å². The van der Waals surface area contributed by atoms with Crippen molar-refractivity contribution in [2.75, 3.05) is 17.4 Å². The summed E-state index contributed by atoms with van der Waals surface area (Å²) in [5.41, 5.74) is 2.45. The van der Waals surface area contributed by atoms with Crippen LogP contribution in [0.5, 0.6) is 0 Å². The lowest BCUT2D eigenvalue weighted by Gasteiger charge is -2.39. The highest BCUT2D eigenvalue weighted by Crippen LogP contribution is 2.33. The van der Waals surface area contributed by atoms with Crippen molar-refractivity contribution in [3.63, 3.8) is 0 Å². The number of rotatable bonds is 9. The molecule has 3 rings (SSSR count). The third kappa shape index (κ3) is 7.81. The van der Waals surface area contributed by atoms with Crippen LogP contribution in [0.15, 0.2) is 30.3 Å². The molecule has 1 saturated heterocycles. The Hall–Kier alpha value is -2.89. The quantitative estimate of drug-likeness (QED) is 0.498. The maximum absolute atomic E-state index is 13.6. The summed E-state index contributed by atoms with van der Waals surface area (Å²) in [6, 6.07) is 5.83. The molecule has 0 amide bonds. The number of aliphatic carboxylic acids is 1. The van der Waals surface area contributed by atoms with Crippen molar-refractivity contribution in [1.29, 1.82) is 0 Å². The third-order valence-electron chi connectivity index (χ3n) is 5.39. The van der Waals surface area contributed by atoms with Gasteiger partial charge in [0.2, 0.25) is 5.95 Å². The SMILES string of the molecule is CC(C)c1nc(NCS(C)(=O)=O)nc(-c2ccc(F)cc2)c1/C=C/[C@@H]1C[C@H](CC(=O)O)OC(C)(C)O1. The zero-order valence-electron chi connectivity index (χ0n) is 21.0. The van der Waals surface area contributed by atoms with Gasteiger partial charge in [-0.3, -0.25) is 4.79 Å². The van der Waals surface area contributed by atoms with Gasteiger partial charge in [0, 0.05) is 23.8 Å². The fraction of sp³-hybridized carbons (Fsp3) is 0.480. The second-order valence-corrected chi connectivity index (χ2v) is 11.7. The maximum Gasteiger partial charge on any atom is 0.305 e. The molecular formula is C25H32FN3O6S. The van der Waals surface area contributed by atoms with Crippen molar-refractivity contribution >= 4 is 27.8 Å². The number of nitrogens with one attached hydrogen (secondary N) is 1. The van der Waals surface area contributed by atoms with E-state index in [1.165, 1.54) is 12.1 Å². The molecule has 11 heteroatoms. The predicted molar refractivity (Wildman–Crippen MR) is 135 cm³/mol. The van der Waals surface area contributed by atoms with E-state index < -0.39 is 39.6 Å². The molecule has 0 saturated carbocycles. The number of benzene rings is 1. The van der Waals surface area contributed by atoms with Gasteiger partial charge in [-0.2, -0.15) is 0 Å². The molecule has 9 nitrogen and oxygen atoms in total. The fourth-order valence-electron chi connectivity index (χ4n) is 3.98. The van der Waals surface area contributed by atoms with E-state index in [1.807, 2.05) is 26.0 Å². The number of hydrogen-bond donors (Lipinski definition) is 2. The van der Waals surface area contributed by atoms with Crippen molar-refractivity contribution in [3.05, 3.63) is 47.4 Å². The van der Waals surface area contributed by atoms with Gasteiger partial charge in [-0.15, -0.1) is 0 Å². The molecule has 1 aliphatic heterocycles. The van der Waals surface area contributed by atoms with Crippen molar-refractivity contribution in [3.8, 4) is 11.3 Å². The molecule has 0 radical (unpaired) electrons. The Morgan fingerprint density at radius 3 is 2.50 bits per heavy atom. The molecule has 2 atom stereocenters. The standard InChI is InChI=1S/C25H32FN3O6S/c1-15(2)22-20(11-10-18-12-19(13-21(30)31)35-25(3,4)34-18)23(16-6-8-17(26)9-7-16)29-24(28-22)27-14-36(5,32)33/h6-11,15,18-19H,12-14H2,1-5H3,(H,30,31)(H,27,28,29)/b11-10+/t18-,19-/m1/s1. The van der Waals surface area contributed by atoms with Crippen LogP contribution in [-0.2, 0) is 24.1 Å². The van der Waals surface area contributed by atoms with Crippen LogP contribution in [0.2, 0.25) is 0 Å². The summed E-state index contributed by atoms with van der Waals surface area (Å²) < 4.78 is 48.7. The van der Waals surface area contributed by atoms with E-state index in [0.29, 0.717) is 28.9 Å². The minimum Gasteiger partial charge on any atom is -0.481 e. The van der Waals surface area contributed by atoms with Crippen LogP contribution >= 0.6 is 0 Å². The monoisotopic (exact) mass is 521 g/mol. The van der Waals surface area contributed by atoms with Crippen LogP contribution in [0.1, 0.15) is 57.7 Å². The molecule has 0 bridgehead atoms. The molecule has 2 aromatic rings. The summed E-state index contributed by atoms with van der Waals surface area (Å²) in [6.45, 7) is 7.37. The number of halogens is 1. The number of nitrogens with zero attached hydrogens (tertiary/aromatic N) is 2. The molecule has 1 aliphatic rings. The van der Waals surface area contributed by atoms with Gasteiger partial charge in [0.25, 0.3) is 0 Å². The Morgan fingerprint density at radius 1 is 1.25 bits per heavy atom. The highest BCUT2D eigenvalue weighted by Gasteiger charge is 2.35. The predicted octanol–water partition coefficient (Wildman–Crippen LogP) is 4.22. The van der Waals surface area contributed by atoms with Crippen LogP contribution in [0.25, 0.3) is 17.3 Å². The van der Waals surface area contributed by atoms with E-state index in [1.54, 1.807) is 26.0 Å². The van der Waals surface area contributed by atoms with Gasteiger partial charge in [-0.05, 0) is 44.0 Å². The number of anilines is 1. The normalized spacial score (nSPS) is 20.1. The molecule has 2 N–H and O–H groups in total. The number of ether oxygens (including phenoxy) is 2. The first-order chi connectivity index (χ1) is 16.7. The minimum absolute atomic E-state index is 0.0579. The summed E-state index contributed by atoms with van der Waals surface area (Å²) in [5, 5.41) is 12.0. The summed E-state index contributed by atoms with van der Waals surface area (Å²) in [4.78, 5) is 20.4. The van der Waals surface area contributed by atoms with Crippen LogP contribution in [0, 0.1) is 5.82 Å². The maximum atomic E-state index is 13.6. The molecule has 0 aliphatic carbocycles. The largest absolute Gasteiger partial charge is 0.481 e. The number of aromatic nitrogens is 2. The Labute approximate surface area is 210 Å². The van der Waals surface area contributed by atoms with Crippen LogP contribution in [0.3, 0.4) is 0 Å². The van der Waals surface area contributed by atoms with E-state index in [4.69, 9.17) is 9.47 Å². The van der Waals surface area contributed by atoms with E-state index in [-0.39, 0.29) is 24.2 Å². The van der Waals surface area contributed by atoms with E-state index in [9.17, 15) is 22.7 Å². The Kier molecular flexibility index (Phi) is 8.48. The molecule has 1 aromatic carbocycles. The number of hydrogen-bond acceptors (Lipinski definition) is 8.